The summed E-state index contributed by atoms with van der Waals surface area (Å²) in [7, 11) is 1.59. The molecule has 1 fully saturated rings. The maximum absolute atomic E-state index is 12.6. The standard InChI is InChI=1S/C24H22N2O3S/c1-16-5-3-4-6-21(16)26-22(27)15-30-24(26)18-7-11-19(12-8-18)25-23(28)17-9-13-20(29-2)14-10-17/h3-14,24H,15H2,1-2H3,(H,25,28). The first kappa shape index (κ1) is 20.0. The van der Waals surface area contributed by atoms with Gasteiger partial charge < -0.3 is 10.1 Å². The van der Waals surface area contributed by atoms with E-state index in [1.54, 1.807) is 43.1 Å². The van der Waals surface area contributed by atoms with E-state index < -0.39 is 0 Å². The number of benzene rings is 3. The molecule has 0 spiro atoms. The molecule has 3 aromatic rings. The van der Waals surface area contributed by atoms with Crippen LogP contribution >= 0.6 is 11.8 Å². The summed E-state index contributed by atoms with van der Waals surface area (Å²) in [5.41, 5.74) is 4.30. The zero-order valence-corrected chi connectivity index (χ0v) is 17.6. The zero-order chi connectivity index (χ0) is 21.1. The predicted octanol–water partition coefficient (Wildman–Crippen LogP) is 5.03. The molecule has 0 radical (unpaired) electrons. The fraction of sp³-hybridized carbons (Fsp3) is 0.167. The van der Waals surface area contributed by atoms with E-state index in [1.807, 2.05) is 60.4 Å². The van der Waals surface area contributed by atoms with Crippen molar-refractivity contribution in [2.75, 3.05) is 23.1 Å². The van der Waals surface area contributed by atoms with Gasteiger partial charge in [0, 0.05) is 16.9 Å². The maximum atomic E-state index is 12.6. The van der Waals surface area contributed by atoms with Gasteiger partial charge in [0.2, 0.25) is 5.91 Å². The molecular weight excluding hydrogens is 396 g/mol. The molecule has 1 unspecified atom stereocenters. The van der Waals surface area contributed by atoms with Crippen LogP contribution in [0.4, 0.5) is 11.4 Å². The van der Waals surface area contributed by atoms with Gasteiger partial charge in [-0.2, -0.15) is 0 Å². The van der Waals surface area contributed by atoms with Crippen molar-refractivity contribution in [2.24, 2.45) is 0 Å². The molecule has 0 aromatic heterocycles. The lowest BCUT2D eigenvalue weighted by Gasteiger charge is -2.26. The first-order chi connectivity index (χ1) is 14.6. The molecular formula is C24H22N2O3S. The molecule has 3 aromatic carbocycles. The largest absolute Gasteiger partial charge is 0.497 e. The fourth-order valence-corrected chi connectivity index (χ4v) is 4.61. The Morgan fingerprint density at radius 3 is 2.40 bits per heavy atom. The molecule has 0 aliphatic carbocycles. The number of nitrogens with zero attached hydrogens (tertiary/aromatic N) is 1. The van der Waals surface area contributed by atoms with E-state index in [2.05, 4.69) is 5.32 Å². The topological polar surface area (TPSA) is 58.6 Å². The normalized spacial score (nSPS) is 15.9. The number of hydrogen-bond donors (Lipinski definition) is 1. The molecule has 0 saturated carbocycles. The third-order valence-corrected chi connectivity index (χ3v) is 6.26. The van der Waals surface area contributed by atoms with Crippen molar-refractivity contribution in [3.63, 3.8) is 0 Å². The number of carbonyl (C=O) groups excluding carboxylic acids is 2. The SMILES string of the molecule is COc1ccc(C(=O)Nc2ccc(C3SCC(=O)N3c3ccccc3C)cc2)cc1. The lowest BCUT2D eigenvalue weighted by Crippen LogP contribution is -2.28. The summed E-state index contributed by atoms with van der Waals surface area (Å²) in [6, 6.07) is 22.6. The Morgan fingerprint density at radius 1 is 1.03 bits per heavy atom. The highest BCUT2D eigenvalue weighted by molar-refractivity contribution is 8.00. The molecule has 1 heterocycles. The van der Waals surface area contributed by atoms with Gasteiger partial charge in [-0.05, 0) is 60.5 Å². The molecule has 1 saturated heterocycles. The summed E-state index contributed by atoms with van der Waals surface area (Å²) in [6.45, 7) is 2.01. The van der Waals surface area contributed by atoms with E-state index in [0.29, 0.717) is 22.8 Å². The number of rotatable bonds is 5. The molecule has 4 rings (SSSR count). The Balaban J connectivity index is 1.50. The number of amides is 2. The van der Waals surface area contributed by atoms with Crippen LogP contribution in [-0.2, 0) is 4.79 Å². The van der Waals surface area contributed by atoms with Crippen molar-refractivity contribution < 1.29 is 14.3 Å². The first-order valence-electron chi connectivity index (χ1n) is 9.61. The number of para-hydroxylation sites is 1. The second-order valence-electron chi connectivity index (χ2n) is 7.02. The van der Waals surface area contributed by atoms with Crippen molar-refractivity contribution in [3.05, 3.63) is 89.5 Å². The Kier molecular flexibility index (Phi) is 5.77. The predicted molar refractivity (Wildman–Crippen MR) is 121 cm³/mol. The van der Waals surface area contributed by atoms with E-state index in [1.165, 1.54) is 0 Å². The van der Waals surface area contributed by atoms with Crippen LogP contribution < -0.4 is 15.0 Å². The summed E-state index contributed by atoms with van der Waals surface area (Å²) in [4.78, 5) is 26.9. The Morgan fingerprint density at radius 2 is 1.73 bits per heavy atom. The maximum Gasteiger partial charge on any atom is 0.255 e. The van der Waals surface area contributed by atoms with E-state index in [4.69, 9.17) is 4.74 Å². The van der Waals surface area contributed by atoms with Gasteiger partial charge >= 0.3 is 0 Å². The van der Waals surface area contributed by atoms with Crippen molar-refractivity contribution in [3.8, 4) is 5.75 Å². The Labute approximate surface area is 180 Å². The molecule has 30 heavy (non-hydrogen) atoms. The van der Waals surface area contributed by atoms with Gasteiger partial charge in [0.05, 0.1) is 12.9 Å². The van der Waals surface area contributed by atoms with Crippen LogP contribution in [0.2, 0.25) is 0 Å². The number of ether oxygens (including phenoxy) is 1. The highest BCUT2D eigenvalue weighted by Gasteiger charge is 2.34. The van der Waals surface area contributed by atoms with Gasteiger partial charge in [-0.25, -0.2) is 0 Å². The average molecular weight is 419 g/mol. The summed E-state index contributed by atoms with van der Waals surface area (Å²) < 4.78 is 5.12. The summed E-state index contributed by atoms with van der Waals surface area (Å²) in [6.07, 6.45) is 0. The van der Waals surface area contributed by atoms with Gasteiger partial charge in [0.1, 0.15) is 11.1 Å². The summed E-state index contributed by atoms with van der Waals surface area (Å²) >= 11 is 1.61. The van der Waals surface area contributed by atoms with E-state index in [9.17, 15) is 9.59 Å². The minimum Gasteiger partial charge on any atom is -0.497 e. The number of carbonyl (C=O) groups is 2. The minimum absolute atomic E-state index is 0.0788. The van der Waals surface area contributed by atoms with Crippen LogP contribution in [0.5, 0.6) is 5.75 Å². The van der Waals surface area contributed by atoms with Crippen LogP contribution in [0.1, 0.15) is 26.9 Å². The summed E-state index contributed by atoms with van der Waals surface area (Å²) in [5, 5.41) is 2.83. The van der Waals surface area contributed by atoms with Gasteiger partial charge in [0.25, 0.3) is 5.91 Å². The second kappa shape index (κ2) is 8.63. The zero-order valence-electron chi connectivity index (χ0n) is 16.8. The van der Waals surface area contributed by atoms with Crippen LogP contribution in [-0.4, -0.2) is 24.7 Å². The number of thioether (sulfide) groups is 1. The van der Waals surface area contributed by atoms with Gasteiger partial charge in [-0.3, -0.25) is 14.5 Å². The molecule has 1 aliphatic rings. The lowest BCUT2D eigenvalue weighted by molar-refractivity contribution is -0.115. The van der Waals surface area contributed by atoms with Crippen LogP contribution in [0.25, 0.3) is 0 Å². The molecule has 0 bridgehead atoms. The van der Waals surface area contributed by atoms with Gasteiger partial charge in [-0.1, -0.05) is 30.3 Å². The molecule has 5 nitrogen and oxygen atoms in total. The Bertz CT molecular complexity index is 1060. The van der Waals surface area contributed by atoms with Crippen molar-refractivity contribution in [1.82, 2.24) is 0 Å². The number of hydrogen-bond acceptors (Lipinski definition) is 4. The number of anilines is 2. The average Bonchev–Trinajstić information content (AvgIpc) is 3.16. The quantitative estimate of drug-likeness (QED) is 0.631. The van der Waals surface area contributed by atoms with E-state index in [-0.39, 0.29) is 17.2 Å². The highest BCUT2D eigenvalue weighted by atomic mass is 32.2. The molecule has 1 N–H and O–H groups in total. The molecule has 1 atom stereocenters. The summed E-state index contributed by atoms with van der Waals surface area (Å²) in [5.74, 6) is 1.08. The number of aryl methyl sites for hydroxylation is 1. The molecule has 6 heteroatoms. The highest BCUT2D eigenvalue weighted by Crippen LogP contribution is 2.42. The van der Waals surface area contributed by atoms with Crippen LogP contribution in [0.15, 0.2) is 72.8 Å². The number of methoxy groups -OCH3 is 1. The van der Waals surface area contributed by atoms with E-state index >= 15 is 0 Å². The van der Waals surface area contributed by atoms with Crippen molar-refractivity contribution in [2.45, 2.75) is 12.3 Å². The third-order valence-electron chi connectivity index (χ3n) is 5.05. The van der Waals surface area contributed by atoms with Crippen LogP contribution in [0, 0.1) is 6.92 Å². The number of nitrogens with one attached hydrogen (secondary N) is 1. The van der Waals surface area contributed by atoms with Crippen LogP contribution in [0.3, 0.4) is 0 Å². The molecule has 2 amide bonds. The van der Waals surface area contributed by atoms with Crippen molar-refractivity contribution >= 4 is 35.0 Å². The third kappa shape index (κ3) is 4.04. The van der Waals surface area contributed by atoms with Gasteiger partial charge in [-0.15, -0.1) is 11.8 Å². The first-order valence-corrected chi connectivity index (χ1v) is 10.7. The molecule has 152 valence electrons. The fourth-order valence-electron chi connectivity index (χ4n) is 3.44. The van der Waals surface area contributed by atoms with E-state index in [0.717, 1.165) is 16.8 Å². The second-order valence-corrected chi connectivity index (χ2v) is 8.09. The lowest BCUT2D eigenvalue weighted by atomic mass is 10.1. The van der Waals surface area contributed by atoms with Crippen molar-refractivity contribution in [1.29, 1.82) is 0 Å². The Hall–Kier alpha value is -3.25. The smallest absolute Gasteiger partial charge is 0.255 e. The van der Waals surface area contributed by atoms with Gasteiger partial charge in [0.15, 0.2) is 0 Å². The molecule has 1 aliphatic heterocycles. The minimum atomic E-state index is -0.183. The monoisotopic (exact) mass is 418 g/mol.